The van der Waals surface area contributed by atoms with Crippen molar-refractivity contribution < 1.29 is 39.6 Å². The first-order valence-electron chi connectivity index (χ1n) is 11.9. The van der Waals surface area contributed by atoms with Crippen molar-refractivity contribution in [1.29, 1.82) is 0 Å². The first-order chi connectivity index (χ1) is 17.6. The molecule has 1 aliphatic heterocycles. The minimum Gasteiger partial charge on any atom is -0.478 e. The van der Waals surface area contributed by atoms with E-state index in [2.05, 4.69) is 33.9 Å². The Balaban J connectivity index is 0.000000355. The summed E-state index contributed by atoms with van der Waals surface area (Å²) in [6.45, 7) is 6.38. The van der Waals surface area contributed by atoms with Crippen molar-refractivity contribution in [3.8, 4) is 12.3 Å². The van der Waals surface area contributed by atoms with Gasteiger partial charge in [-0.05, 0) is 42.4 Å². The van der Waals surface area contributed by atoms with Crippen molar-refractivity contribution in [2.75, 3.05) is 32.7 Å². The van der Waals surface area contributed by atoms with E-state index in [0.717, 1.165) is 39.3 Å². The number of rotatable bonds is 7. The summed E-state index contributed by atoms with van der Waals surface area (Å²) in [7, 11) is 0. The molecule has 0 bridgehead atoms. The molecule has 1 heterocycles. The van der Waals surface area contributed by atoms with Crippen LogP contribution in [-0.2, 0) is 38.6 Å². The molecule has 0 spiro atoms. The molecule has 0 unspecified atom stereocenters. The second kappa shape index (κ2) is 17.5. The molecule has 10 nitrogen and oxygen atoms in total. The molecule has 0 atom stereocenters. The molecule has 200 valence electrons. The number of carboxylic acid groups (broad SMARTS) is 4. The number of piperazine rings is 1. The van der Waals surface area contributed by atoms with E-state index in [1.807, 2.05) is 0 Å². The van der Waals surface area contributed by atoms with Crippen LogP contribution < -0.4 is 0 Å². The number of fused-ring (bicyclic) bond motifs is 1. The fourth-order valence-electron chi connectivity index (χ4n) is 3.84. The van der Waals surface area contributed by atoms with Crippen molar-refractivity contribution in [3.63, 3.8) is 0 Å². The van der Waals surface area contributed by atoms with E-state index in [1.165, 1.54) is 37.7 Å². The van der Waals surface area contributed by atoms with Crippen molar-refractivity contribution in [1.82, 2.24) is 9.80 Å². The molecule has 1 saturated heterocycles. The third kappa shape index (κ3) is 14.9. The van der Waals surface area contributed by atoms with Gasteiger partial charge in [0.05, 0.1) is 6.54 Å². The molecule has 0 radical (unpaired) electrons. The average Bonchev–Trinajstić information content (AvgIpc) is 3.09. The summed E-state index contributed by atoms with van der Waals surface area (Å²) in [5.41, 5.74) is 4.69. The summed E-state index contributed by atoms with van der Waals surface area (Å²) in [5.74, 6) is -2.28. The van der Waals surface area contributed by atoms with E-state index in [-0.39, 0.29) is 0 Å². The van der Waals surface area contributed by atoms with E-state index < -0.39 is 23.9 Å². The summed E-state index contributed by atoms with van der Waals surface area (Å²) in [6, 6.07) is 7.19. The Morgan fingerprint density at radius 2 is 1.19 bits per heavy atom. The third-order valence-corrected chi connectivity index (χ3v) is 5.59. The van der Waals surface area contributed by atoms with E-state index in [4.69, 9.17) is 26.8 Å². The van der Waals surface area contributed by atoms with Gasteiger partial charge in [0.25, 0.3) is 0 Å². The van der Waals surface area contributed by atoms with E-state index in [0.29, 0.717) is 24.3 Å². The second-order valence-electron chi connectivity index (χ2n) is 8.44. The highest BCUT2D eigenvalue weighted by Crippen LogP contribution is 2.22. The predicted molar refractivity (Wildman–Crippen MR) is 137 cm³/mol. The SMILES string of the molecule is C#CCN1CCN(Cc2ccc3c(c2)CCCCC3)CC1.O=C(O)/C=C\C(=O)O.O=C(O)/C=C\C(=O)O. The van der Waals surface area contributed by atoms with Gasteiger partial charge in [-0.3, -0.25) is 9.80 Å². The number of hydrogen-bond acceptors (Lipinski definition) is 6. The lowest BCUT2D eigenvalue weighted by Crippen LogP contribution is -2.45. The molecule has 2 aliphatic rings. The van der Waals surface area contributed by atoms with Crippen LogP contribution in [0.25, 0.3) is 0 Å². The van der Waals surface area contributed by atoms with Gasteiger partial charge in [0.15, 0.2) is 0 Å². The number of carbonyl (C=O) groups is 4. The number of carboxylic acids is 4. The van der Waals surface area contributed by atoms with Gasteiger partial charge in [0, 0.05) is 57.0 Å². The lowest BCUT2D eigenvalue weighted by atomic mass is 10.00. The third-order valence-electron chi connectivity index (χ3n) is 5.59. The normalized spacial score (nSPS) is 15.8. The maximum atomic E-state index is 9.55. The predicted octanol–water partition coefficient (Wildman–Crippen LogP) is 2.13. The quantitative estimate of drug-likeness (QED) is 0.241. The molecular formula is C27H34N2O8. The number of aryl methyl sites for hydroxylation is 2. The van der Waals surface area contributed by atoms with Crippen molar-refractivity contribution in [2.45, 2.75) is 38.6 Å². The van der Waals surface area contributed by atoms with Crippen LogP contribution in [-0.4, -0.2) is 86.8 Å². The fraction of sp³-hybridized carbons (Fsp3) is 0.407. The zero-order valence-electron chi connectivity index (χ0n) is 20.7. The van der Waals surface area contributed by atoms with E-state index in [1.54, 1.807) is 11.1 Å². The van der Waals surface area contributed by atoms with Crippen molar-refractivity contribution in [3.05, 3.63) is 59.2 Å². The van der Waals surface area contributed by atoms with Gasteiger partial charge in [0.1, 0.15) is 0 Å². The molecule has 1 aromatic rings. The minimum atomic E-state index is -1.26. The Hall–Kier alpha value is -3.94. The summed E-state index contributed by atoms with van der Waals surface area (Å²) in [4.78, 5) is 43.1. The average molecular weight is 515 g/mol. The van der Waals surface area contributed by atoms with Crippen LogP contribution >= 0.6 is 0 Å². The van der Waals surface area contributed by atoms with Crippen LogP contribution in [0, 0.1) is 12.3 Å². The van der Waals surface area contributed by atoms with Gasteiger partial charge in [-0.15, -0.1) is 6.42 Å². The van der Waals surface area contributed by atoms with Crippen LogP contribution in [0.4, 0.5) is 0 Å². The zero-order valence-corrected chi connectivity index (χ0v) is 20.7. The summed E-state index contributed by atoms with van der Waals surface area (Å²) < 4.78 is 0. The van der Waals surface area contributed by atoms with Gasteiger partial charge in [0.2, 0.25) is 0 Å². The molecule has 0 aromatic heterocycles. The summed E-state index contributed by atoms with van der Waals surface area (Å²) in [5, 5.41) is 31.2. The molecule has 37 heavy (non-hydrogen) atoms. The molecule has 0 saturated carbocycles. The number of hydrogen-bond donors (Lipinski definition) is 4. The van der Waals surface area contributed by atoms with Crippen LogP contribution in [0.1, 0.15) is 36.0 Å². The maximum absolute atomic E-state index is 9.55. The largest absolute Gasteiger partial charge is 0.478 e. The second-order valence-corrected chi connectivity index (χ2v) is 8.44. The van der Waals surface area contributed by atoms with E-state index in [9.17, 15) is 19.2 Å². The van der Waals surface area contributed by atoms with Crippen LogP contribution in [0.3, 0.4) is 0 Å². The van der Waals surface area contributed by atoms with Crippen molar-refractivity contribution >= 4 is 23.9 Å². The number of benzene rings is 1. The Morgan fingerprint density at radius 1 is 0.730 bits per heavy atom. The smallest absolute Gasteiger partial charge is 0.328 e. The maximum Gasteiger partial charge on any atom is 0.328 e. The minimum absolute atomic E-state index is 0.558. The molecule has 3 rings (SSSR count). The number of terminal acetylenes is 1. The summed E-state index contributed by atoms with van der Waals surface area (Å²) in [6.07, 6.45) is 14.3. The Bertz CT molecular complexity index is 952. The highest BCUT2D eigenvalue weighted by Gasteiger charge is 2.16. The first kappa shape index (κ1) is 31.1. The topological polar surface area (TPSA) is 156 Å². The van der Waals surface area contributed by atoms with Gasteiger partial charge in [-0.25, -0.2) is 19.2 Å². The number of aliphatic carboxylic acids is 4. The molecule has 10 heteroatoms. The molecule has 1 fully saturated rings. The Kier molecular flexibility index (Phi) is 14.7. The van der Waals surface area contributed by atoms with Gasteiger partial charge in [-0.1, -0.05) is 30.5 Å². The zero-order chi connectivity index (χ0) is 27.6. The summed E-state index contributed by atoms with van der Waals surface area (Å²) >= 11 is 0. The molecule has 0 amide bonds. The molecular weight excluding hydrogens is 480 g/mol. The highest BCUT2D eigenvalue weighted by molar-refractivity contribution is 5.90. The van der Waals surface area contributed by atoms with Gasteiger partial charge in [-0.2, -0.15) is 0 Å². The lowest BCUT2D eigenvalue weighted by molar-refractivity contribution is -0.134. The number of nitrogens with zero attached hydrogens (tertiary/aromatic N) is 2. The van der Waals surface area contributed by atoms with Crippen LogP contribution in [0.2, 0.25) is 0 Å². The lowest BCUT2D eigenvalue weighted by Gasteiger charge is -2.33. The van der Waals surface area contributed by atoms with Crippen molar-refractivity contribution in [2.24, 2.45) is 0 Å². The van der Waals surface area contributed by atoms with Crippen LogP contribution in [0.15, 0.2) is 42.5 Å². The highest BCUT2D eigenvalue weighted by atomic mass is 16.4. The first-order valence-corrected chi connectivity index (χ1v) is 11.9. The monoisotopic (exact) mass is 514 g/mol. The standard InChI is InChI=1S/C19H26N2.2C4H4O4/c1-2-10-20-11-13-21(14-12-20)16-17-8-9-18-6-4-3-5-7-19(18)15-17;2*5-3(6)1-2-4(7)8/h1,8-9,15H,3-7,10-14,16H2;2*1-2H,(H,5,6)(H,7,8)/b;2*2-1-. The molecule has 1 aliphatic carbocycles. The fourth-order valence-corrected chi connectivity index (χ4v) is 3.84. The van der Waals surface area contributed by atoms with E-state index >= 15 is 0 Å². The van der Waals surface area contributed by atoms with Gasteiger partial charge >= 0.3 is 23.9 Å². The van der Waals surface area contributed by atoms with Gasteiger partial charge < -0.3 is 20.4 Å². The van der Waals surface area contributed by atoms with Crippen LogP contribution in [0.5, 0.6) is 0 Å². The Labute approximate surface area is 216 Å². The Morgan fingerprint density at radius 3 is 1.65 bits per heavy atom. The molecule has 4 N–H and O–H groups in total. The molecule has 1 aromatic carbocycles.